The van der Waals surface area contributed by atoms with Gasteiger partial charge in [0.25, 0.3) is 10.0 Å². The van der Waals surface area contributed by atoms with Crippen LogP contribution in [-0.2, 0) is 14.8 Å². The number of benzene rings is 1. The van der Waals surface area contributed by atoms with Gasteiger partial charge in [0, 0.05) is 37.8 Å². The van der Waals surface area contributed by atoms with E-state index in [0.29, 0.717) is 23.0 Å². The first kappa shape index (κ1) is 21.0. The highest BCUT2D eigenvalue weighted by Gasteiger charge is 2.30. The molecule has 0 aliphatic carbocycles. The van der Waals surface area contributed by atoms with E-state index in [-0.39, 0.29) is 19.0 Å². The molecule has 0 unspecified atom stereocenters. The van der Waals surface area contributed by atoms with Gasteiger partial charge < -0.3 is 9.64 Å². The lowest BCUT2D eigenvalue weighted by Gasteiger charge is -2.33. The van der Waals surface area contributed by atoms with Gasteiger partial charge in [-0.05, 0) is 53.2 Å². The van der Waals surface area contributed by atoms with Gasteiger partial charge in [0.1, 0.15) is 9.96 Å². The molecule has 1 aliphatic rings. The highest BCUT2D eigenvalue weighted by atomic mass is 79.9. The average molecular weight is 485 g/mol. The Morgan fingerprint density at radius 2 is 1.89 bits per heavy atom. The fraction of sp³-hybridized carbons (Fsp3) is 0.316. The predicted octanol–water partition coefficient (Wildman–Crippen LogP) is 3.37. The fourth-order valence-corrected chi connectivity index (χ4v) is 6.55. The normalized spacial score (nSPS) is 15.9. The number of halogens is 1. The summed E-state index contributed by atoms with van der Waals surface area (Å²) in [6, 6.07) is 9.09. The SMILES string of the molecule is COc1ccc(C)cc1/C=C/C(=O)N1CCN(S(=O)(=O)c2ccc(Br)s2)CC1. The van der Waals surface area contributed by atoms with Gasteiger partial charge in [-0.1, -0.05) is 11.6 Å². The molecule has 150 valence electrons. The van der Waals surface area contributed by atoms with Crippen LogP contribution in [0.1, 0.15) is 11.1 Å². The number of aryl methyl sites for hydroxylation is 1. The van der Waals surface area contributed by atoms with Crippen LogP contribution in [0.15, 0.2) is 44.4 Å². The molecule has 0 spiro atoms. The number of carbonyl (C=O) groups is 1. The lowest BCUT2D eigenvalue weighted by atomic mass is 10.1. The molecule has 28 heavy (non-hydrogen) atoms. The molecule has 6 nitrogen and oxygen atoms in total. The predicted molar refractivity (Wildman–Crippen MR) is 114 cm³/mol. The molecule has 0 bridgehead atoms. The lowest BCUT2D eigenvalue weighted by Crippen LogP contribution is -2.50. The van der Waals surface area contributed by atoms with Gasteiger partial charge in [0.15, 0.2) is 0 Å². The van der Waals surface area contributed by atoms with Gasteiger partial charge in [-0.25, -0.2) is 8.42 Å². The van der Waals surface area contributed by atoms with E-state index in [9.17, 15) is 13.2 Å². The monoisotopic (exact) mass is 484 g/mol. The van der Waals surface area contributed by atoms with Crippen molar-refractivity contribution in [3.05, 3.63) is 51.3 Å². The smallest absolute Gasteiger partial charge is 0.252 e. The van der Waals surface area contributed by atoms with Crippen LogP contribution in [0.3, 0.4) is 0 Å². The molecule has 0 N–H and O–H groups in total. The van der Waals surface area contributed by atoms with Crippen molar-refractivity contribution in [3.8, 4) is 5.75 Å². The molecule has 0 atom stereocenters. The average Bonchev–Trinajstić information content (AvgIpc) is 3.13. The van der Waals surface area contributed by atoms with Crippen molar-refractivity contribution >= 4 is 49.3 Å². The van der Waals surface area contributed by atoms with Gasteiger partial charge in [0.2, 0.25) is 5.91 Å². The molecular formula is C19H21BrN2O4S2. The van der Waals surface area contributed by atoms with Gasteiger partial charge in [-0.2, -0.15) is 4.31 Å². The maximum absolute atomic E-state index is 12.7. The number of methoxy groups -OCH3 is 1. The number of nitrogens with zero attached hydrogens (tertiary/aromatic N) is 2. The minimum absolute atomic E-state index is 0.139. The topological polar surface area (TPSA) is 66.9 Å². The first-order valence-corrected chi connectivity index (χ1v) is 11.7. The van der Waals surface area contributed by atoms with Crippen LogP contribution in [-0.4, -0.2) is 56.8 Å². The van der Waals surface area contributed by atoms with Crippen LogP contribution in [0.5, 0.6) is 5.75 Å². The number of hydrogen-bond donors (Lipinski definition) is 0. The zero-order valence-electron chi connectivity index (χ0n) is 15.6. The second kappa shape index (κ2) is 8.77. The highest BCUT2D eigenvalue weighted by Crippen LogP contribution is 2.29. The number of amides is 1. The third kappa shape index (κ3) is 4.65. The van der Waals surface area contributed by atoms with Crippen LogP contribution >= 0.6 is 27.3 Å². The van der Waals surface area contributed by atoms with E-state index in [4.69, 9.17) is 4.74 Å². The molecule has 1 aliphatic heterocycles. The molecule has 2 aromatic rings. The third-order valence-electron chi connectivity index (χ3n) is 4.48. The Bertz CT molecular complexity index is 993. The van der Waals surface area contributed by atoms with Crippen LogP contribution in [0, 0.1) is 6.92 Å². The maximum Gasteiger partial charge on any atom is 0.252 e. The second-order valence-electron chi connectivity index (χ2n) is 6.37. The third-order valence-corrected chi connectivity index (χ3v) is 8.47. The zero-order chi connectivity index (χ0) is 20.3. The molecule has 2 heterocycles. The Hall–Kier alpha value is -1.68. The molecule has 1 amide bonds. The van der Waals surface area contributed by atoms with Crippen molar-refractivity contribution in [1.29, 1.82) is 0 Å². The molecule has 0 saturated carbocycles. The number of thiophene rings is 1. The molecule has 1 aromatic heterocycles. The Labute approximate surface area is 177 Å². The van der Waals surface area contributed by atoms with E-state index in [2.05, 4.69) is 15.9 Å². The molecule has 0 radical (unpaired) electrons. The summed E-state index contributed by atoms with van der Waals surface area (Å²) in [6.45, 7) is 3.26. The van der Waals surface area contributed by atoms with Gasteiger partial charge >= 0.3 is 0 Å². The molecule has 3 rings (SSSR count). The number of hydrogen-bond acceptors (Lipinski definition) is 5. The Kier molecular flexibility index (Phi) is 6.59. The summed E-state index contributed by atoms with van der Waals surface area (Å²) < 4.78 is 33.2. The standard InChI is InChI=1S/C19H21BrN2O4S2/c1-14-3-5-16(26-2)15(13-14)4-7-18(23)21-9-11-22(12-10-21)28(24,25)19-8-6-17(20)27-19/h3-8,13H,9-12H2,1-2H3/b7-4+. The minimum Gasteiger partial charge on any atom is -0.496 e. The first-order chi connectivity index (χ1) is 13.3. The van der Waals surface area contributed by atoms with Crippen LogP contribution in [0.4, 0.5) is 0 Å². The van der Waals surface area contributed by atoms with Crippen molar-refractivity contribution in [2.24, 2.45) is 0 Å². The van der Waals surface area contributed by atoms with E-state index in [1.807, 2.05) is 25.1 Å². The van der Waals surface area contributed by atoms with E-state index in [0.717, 1.165) is 14.9 Å². The van der Waals surface area contributed by atoms with Crippen molar-refractivity contribution < 1.29 is 17.9 Å². The number of ether oxygens (including phenoxy) is 1. The van der Waals surface area contributed by atoms with Gasteiger partial charge in [-0.15, -0.1) is 11.3 Å². The Morgan fingerprint density at radius 1 is 1.18 bits per heavy atom. The van der Waals surface area contributed by atoms with Crippen molar-refractivity contribution in [3.63, 3.8) is 0 Å². The lowest BCUT2D eigenvalue weighted by molar-refractivity contribution is -0.127. The maximum atomic E-state index is 12.7. The summed E-state index contributed by atoms with van der Waals surface area (Å²) in [5, 5.41) is 0. The van der Waals surface area contributed by atoms with E-state index in [1.165, 1.54) is 21.7 Å². The van der Waals surface area contributed by atoms with Gasteiger partial charge in [-0.3, -0.25) is 4.79 Å². The first-order valence-electron chi connectivity index (χ1n) is 8.68. The minimum atomic E-state index is -3.51. The number of piperazine rings is 1. The second-order valence-corrected chi connectivity index (χ2v) is 11.0. The summed E-state index contributed by atoms with van der Waals surface area (Å²) in [7, 11) is -1.92. The van der Waals surface area contributed by atoms with E-state index < -0.39 is 10.0 Å². The molecule has 1 saturated heterocycles. The van der Waals surface area contributed by atoms with Crippen LogP contribution in [0.2, 0.25) is 0 Å². The Morgan fingerprint density at radius 3 is 2.50 bits per heavy atom. The van der Waals surface area contributed by atoms with Crippen molar-refractivity contribution in [1.82, 2.24) is 9.21 Å². The number of carbonyl (C=O) groups excluding carboxylic acids is 1. The quantitative estimate of drug-likeness (QED) is 0.610. The summed E-state index contributed by atoms with van der Waals surface area (Å²) in [5.74, 6) is 0.562. The van der Waals surface area contributed by atoms with Crippen molar-refractivity contribution in [2.75, 3.05) is 33.3 Å². The van der Waals surface area contributed by atoms with Crippen LogP contribution < -0.4 is 4.74 Å². The summed E-state index contributed by atoms with van der Waals surface area (Å²) in [6.07, 6.45) is 3.25. The summed E-state index contributed by atoms with van der Waals surface area (Å²) in [4.78, 5) is 14.2. The molecular weight excluding hydrogens is 464 g/mol. The Balaban J connectivity index is 1.63. The fourth-order valence-electron chi connectivity index (χ4n) is 2.96. The molecule has 1 fully saturated rings. The van der Waals surface area contributed by atoms with Crippen LogP contribution in [0.25, 0.3) is 6.08 Å². The van der Waals surface area contributed by atoms with Gasteiger partial charge in [0.05, 0.1) is 10.9 Å². The number of rotatable bonds is 5. The summed E-state index contributed by atoms with van der Waals surface area (Å²) in [5.41, 5.74) is 1.91. The highest BCUT2D eigenvalue weighted by molar-refractivity contribution is 9.11. The summed E-state index contributed by atoms with van der Waals surface area (Å²) >= 11 is 4.48. The van der Waals surface area contributed by atoms with Crippen molar-refractivity contribution in [2.45, 2.75) is 11.1 Å². The van der Waals surface area contributed by atoms with E-state index >= 15 is 0 Å². The molecule has 1 aromatic carbocycles. The zero-order valence-corrected chi connectivity index (χ0v) is 18.8. The van der Waals surface area contributed by atoms with E-state index in [1.54, 1.807) is 30.2 Å². The molecule has 9 heteroatoms. The largest absolute Gasteiger partial charge is 0.496 e. The number of sulfonamides is 1.